The largest absolute Gasteiger partial charge is 0.497 e. The van der Waals surface area contributed by atoms with Crippen molar-refractivity contribution in [1.82, 2.24) is 5.06 Å². The van der Waals surface area contributed by atoms with E-state index in [9.17, 15) is 0 Å². The molecule has 2 saturated heterocycles. The summed E-state index contributed by atoms with van der Waals surface area (Å²) in [6, 6.07) is 8.02. The van der Waals surface area contributed by atoms with Crippen molar-refractivity contribution in [2.45, 2.75) is 154 Å². The third-order valence-corrected chi connectivity index (χ3v) is 21.2. The van der Waals surface area contributed by atoms with Crippen LogP contribution in [0.5, 0.6) is 5.75 Å². The Morgan fingerprint density at radius 1 is 0.904 bits per heavy atom. The second kappa shape index (κ2) is 17.3. The number of hydrogen-bond acceptors (Lipinski definition) is 9. The van der Waals surface area contributed by atoms with E-state index in [1.807, 2.05) is 56.3 Å². The summed E-state index contributed by atoms with van der Waals surface area (Å²) < 4.78 is 46.9. The van der Waals surface area contributed by atoms with Gasteiger partial charge in [-0.15, -0.1) is 6.58 Å². The molecule has 0 saturated carbocycles. The molecule has 8 atom stereocenters. The molecule has 0 amide bonds. The normalized spacial score (nSPS) is 27.3. The van der Waals surface area contributed by atoms with Crippen LogP contribution in [-0.4, -0.2) is 98.5 Å². The van der Waals surface area contributed by atoms with Crippen molar-refractivity contribution in [3.05, 3.63) is 42.5 Å². The highest BCUT2D eigenvalue weighted by atomic mass is 28.4. The van der Waals surface area contributed by atoms with E-state index in [1.165, 1.54) is 0 Å². The lowest BCUT2D eigenvalue weighted by molar-refractivity contribution is -0.330. The monoisotopic (exact) mass is 766 g/mol. The van der Waals surface area contributed by atoms with Crippen molar-refractivity contribution in [2.75, 3.05) is 41.0 Å². The Kier molecular flexibility index (Phi) is 15.1. The second-order valence-corrected chi connectivity index (χ2v) is 28.4. The number of benzene rings is 1. The summed E-state index contributed by atoms with van der Waals surface area (Å²) in [6.07, 6.45) is 1.98. The lowest BCUT2D eigenvalue weighted by Gasteiger charge is -2.52. The van der Waals surface area contributed by atoms with Gasteiger partial charge in [0, 0.05) is 38.0 Å². The number of methoxy groups -OCH3 is 1. The van der Waals surface area contributed by atoms with Crippen LogP contribution in [-0.2, 0) is 39.2 Å². The van der Waals surface area contributed by atoms with Crippen LogP contribution in [0, 0.1) is 17.8 Å². The summed E-state index contributed by atoms with van der Waals surface area (Å²) in [4.78, 5) is 5.48. The average Bonchev–Trinajstić information content (AvgIpc) is 3.74. The molecule has 0 bridgehead atoms. The molecule has 0 unspecified atom stereocenters. The summed E-state index contributed by atoms with van der Waals surface area (Å²) >= 11 is 0. The molecule has 11 heteroatoms. The summed E-state index contributed by atoms with van der Waals surface area (Å²) in [5.74, 6) is -0.133. The van der Waals surface area contributed by atoms with Crippen LogP contribution in [0.4, 0.5) is 0 Å². The van der Waals surface area contributed by atoms with Gasteiger partial charge in [0.1, 0.15) is 11.4 Å². The third kappa shape index (κ3) is 11.2. The maximum atomic E-state index is 7.60. The van der Waals surface area contributed by atoms with Gasteiger partial charge in [-0.2, -0.15) is 5.06 Å². The first-order chi connectivity index (χ1) is 23.8. The Labute approximate surface area is 319 Å². The summed E-state index contributed by atoms with van der Waals surface area (Å²) in [7, 11) is 0.799. The Morgan fingerprint density at radius 3 is 2.02 bits per heavy atom. The van der Waals surface area contributed by atoms with E-state index < -0.39 is 28.0 Å². The molecule has 0 aromatic heterocycles. The number of rotatable bonds is 19. The van der Waals surface area contributed by atoms with E-state index in [1.54, 1.807) is 14.2 Å². The highest BCUT2D eigenvalue weighted by Crippen LogP contribution is 2.53. The van der Waals surface area contributed by atoms with Gasteiger partial charge in [0.25, 0.3) is 0 Å². The zero-order chi connectivity index (χ0) is 39.5. The third-order valence-electron chi connectivity index (χ3n) is 12.2. The molecule has 2 aliphatic heterocycles. The van der Waals surface area contributed by atoms with E-state index in [0.29, 0.717) is 26.4 Å². The SMILES string of the molecule is C=C[C@@H]1[C@H]([C@H](CO[Si](C)(C)C(C)(C)C)[C@H](O[Si](C)(C)C(C)(C)C)[C@]2(C)O[C@@H]2[C@@H](C)COCc2ccc(OC)cc2)OC(C)(C)O[C@H]1CCN(C)OC. The molecule has 1 aromatic rings. The molecule has 52 heavy (non-hydrogen) atoms. The molecule has 2 aliphatic rings. The number of epoxide rings is 1. The molecule has 1 aromatic carbocycles. The molecule has 0 N–H and O–H groups in total. The number of hydrogen-bond donors (Lipinski definition) is 0. The minimum absolute atomic E-state index is 0.0230. The molecular weight excluding hydrogens is 691 g/mol. The van der Waals surface area contributed by atoms with Crippen LogP contribution in [0.1, 0.15) is 81.2 Å². The maximum Gasteiger partial charge on any atom is 0.192 e. The van der Waals surface area contributed by atoms with Crippen LogP contribution in [0.2, 0.25) is 36.3 Å². The summed E-state index contributed by atoms with van der Waals surface area (Å²) in [6.45, 7) is 38.2. The minimum atomic E-state index is -2.34. The van der Waals surface area contributed by atoms with Gasteiger partial charge in [-0.05, 0) is 81.2 Å². The zero-order valence-corrected chi connectivity index (χ0v) is 37.9. The minimum Gasteiger partial charge on any atom is -0.497 e. The average molecular weight is 766 g/mol. The van der Waals surface area contributed by atoms with Gasteiger partial charge in [-0.1, -0.05) is 66.7 Å². The fourth-order valence-electron chi connectivity index (χ4n) is 6.72. The molecule has 2 heterocycles. The van der Waals surface area contributed by atoms with E-state index in [0.717, 1.165) is 17.7 Å². The topological polar surface area (TPSA) is 80.4 Å². The second-order valence-electron chi connectivity index (χ2n) is 18.9. The van der Waals surface area contributed by atoms with E-state index in [2.05, 4.69) is 88.2 Å². The first-order valence-corrected chi connectivity index (χ1v) is 25.1. The van der Waals surface area contributed by atoms with E-state index in [-0.39, 0.29) is 52.2 Å². The molecule has 0 radical (unpaired) electrons. The highest BCUT2D eigenvalue weighted by Gasteiger charge is 2.65. The fourth-order valence-corrected chi connectivity index (χ4v) is 9.16. The Morgan fingerprint density at radius 2 is 1.50 bits per heavy atom. The van der Waals surface area contributed by atoms with Gasteiger partial charge in [0.2, 0.25) is 0 Å². The molecule has 300 valence electrons. The van der Waals surface area contributed by atoms with Crippen molar-refractivity contribution in [3.63, 3.8) is 0 Å². The Hall–Kier alpha value is -1.13. The Bertz CT molecular complexity index is 1280. The molecule has 0 spiro atoms. The Balaban J connectivity index is 2.04. The highest BCUT2D eigenvalue weighted by molar-refractivity contribution is 6.74. The summed E-state index contributed by atoms with van der Waals surface area (Å²) in [5, 5.41) is 1.85. The van der Waals surface area contributed by atoms with Crippen molar-refractivity contribution in [1.29, 1.82) is 0 Å². The van der Waals surface area contributed by atoms with Gasteiger partial charge < -0.3 is 37.4 Å². The van der Waals surface area contributed by atoms with Crippen molar-refractivity contribution in [3.8, 4) is 5.75 Å². The predicted molar refractivity (Wildman–Crippen MR) is 216 cm³/mol. The van der Waals surface area contributed by atoms with Crippen LogP contribution in [0.3, 0.4) is 0 Å². The van der Waals surface area contributed by atoms with Gasteiger partial charge in [-0.25, -0.2) is 0 Å². The van der Waals surface area contributed by atoms with Crippen LogP contribution >= 0.6 is 0 Å². The molecule has 9 nitrogen and oxygen atoms in total. The summed E-state index contributed by atoms with van der Waals surface area (Å²) in [5.41, 5.74) is 0.527. The van der Waals surface area contributed by atoms with Gasteiger partial charge >= 0.3 is 0 Å². The lowest BCUT2D eigenvalue weighted by Crippen LogP contribution is -2.61. The van der Waals surface area contributed by atoms with Crippen molar-refractivity contribution in [2.24, 2.45) is 17.8 Å². The van der Waals surface area contributed by atoms with Crippen molar-refractivity contribution < 1.29 is 37.4 Å². The van der Waals surface area contributed by atoms with E-state index >= 15 is 0 Å². The maximum absolute atomic E-state index is 7.60. The van der Waals surface area contributed by atoms with Crippen molar-refractivity contribution >= 4 is 16.6 Å². The zero-order valence-electron chi connectivity index (χ0n) is 35.9. The molecular formula is C41H75NO8Si2. The quantitative estimate of drug-likeness (QED) is 0.0593. The molecule has 0 aliphatic carbocycles. The van der Waals surface area contributed by atoms with Gasteiger partial charge in [0.15, 0.2) is 22.4 Å². The number of hydroxylamine groups is 2. The van der Waals surface area contributed by atoms with Crippen LogP contribution in [0.25, 0.3) is 0 Å². The van der Waals surface area contributed by atoms with Crippen LogP contribution < -0.4 is 4.74 Å². The molecule has 3 rings (SSSR count). The standard InChI is InChI=1S/C41H75NO8Si2/c1-19-32-34(24-25-42(12)44-14)47-40(9,10)48-35(32)33(28-46-51(15,16)38(3,4)5)37(50-52(17,18)39(6,7)8)41(11)36(49-41)29(2)26-45-27-30-20-22-31(43-13)23-21-30/h19-23,29,32-37H,1,24-28H2,2-18H3/t29-,32-,33-,34-,35+,36+,37-,41+/m0/s1. The number of nitrogens with zero attached hydrogens (tertiary/aromatic N) is 1. The van der Waals surface area contributed by atoms with Crippen LogP contribution in [0.15, 0.2) is 36.9 Å². The van der Waals surface area contributed by atoms with Gasteiger partial charge in [-0.3, -0.25) is 0 Å². The fraction of sp³-hybridized carbons (Fsp3) is 0.805. The first-order valence-electron chi connectivity index (χ1n) is 19.3. The number of ether oxygens (including phenoxy) is 5. The molecule has 2 fully saturated rings. The predicted octanol–water partition coefficient (Wildman–Crippen LogP) is 9.24. The lowest BCUT2D eigenvalue weighted by atomic mass is 9.77. The first kappa shape index (κ1) is 45.3. The van der Waals surface area contributed by atoms with E-state index in [4.69, 9.17) is 37.4 Å². The van der Waals surface area contributed by atoms with Gasteiger partial charge in [0.05, 0.1) is 51.8 Å². The smallest absolute Gasteiger partial charge is 0.192 e.